The van der Waals surface area contributed by atoms with Crippen molar-refractivity contribution in [2.24, 2.45) is 0 Å². The molecule has 0 aliphatic rings. The van der Waals surface area contributed by atoms with E-state index in [-0.39, 0.29) is 12.1 Å². The lowest BCUT2D eigenvalue weighted by Gasteiger charge is -2.15. The molecule has 1 atom stereocenters. The van der Waals surface area contributed by atoms with Crippen molar-refractivity contribution < 1.29 is 4.79 Å². The number of benzene rings is 1. The molecule has 0 bridgehead atoms. The summed E-state index contributed by atoms with van der Waals surface area (Å²) >= 11 is 6.77. The van der Waals surface area contributed by atoms with Crippen molar-refractivity contribution in [2.75, 3.05) is 5.32 Å². The Bertz CT molecular complexity index is 605. The minimum atomic E-state index is -0.276. The number of rotatable bonds is 3. The summed E-state index contributed by atoms with van der Waals surface area (Å²) < 4.78 is 1.72. The molecule has 0 fully saturated rings. The van der Waals surface area contributed by atoms with Gasteiger partial charge in [-0.2, -0.15) is 0 Å². The van der Waals surface area contributed by atoms with Crippen molar-refractivity contribution >= 4 is 43.6 Å². The smallest absolute Gasteiger partial charge is 0.319 e. The van der Waals surface area contributed by atoms with Crippen LogP contribution in [0.5, 0.6) is 0 Å². The van der Waals surface area contributed by atoms with Gasteiger partial charge in [0.25, 0.3) is 0 Å². The molecule has 0 aliphatic heterocycles. The predicted molar refractivity (Wildman–Crippen MR) is 86.6 cm³/mol. The first-order valence-corrected chi connectivity index (χ1v) is 7.58. The lowest BCUT2D eigenvalue weighted by atomic mass is 10.2. The molecule has 2 N–H and O–H groups in total. The van der Waals surface area contributed by atoms with E-state index >= 15 is 0 Å². The Kier molecular flexibility index (Phi) is 5.14. The summed E-state index contributed by atoms with van der Waals surface area (Å²) in [4.78, 5) is 16.2. The van der Waals surface area contributed by atoms with Crippen molar-refractivity contribution in [3.05, 3.63) is 57.2 Å². The van der Waals surface area contributed by atoms with Crippen LogP contribution in [0.15, 0.2) is 51.5 Å². The number of pyridine rings is 1. The van der Waals surface area contributed by atoms with Gasteiger partial charge in [-0.15, -0.1) is 0 Å². The van der Waals surface area contributed by atoms with Crippen molar-refractivity contribution in [3.8, 4) is 0 Å². The molecule has 0 saturated carbocycles. The Hall–Kier alpha value is -1.40. The number of nitrogens with zero attached hydrogens (tertiary/aromatic N) is 1. The molecule has 6 heteroatoms. The second kappa shape index (κ2) is 6.85. The van der Waals surface area contributed by atoms with Crippen molar-refractivity contribution in [1.82, 2.24) is 10.3 Å². The van der Waals surface area contributed by atoms with E-state index in [0.717, 1.165) is 14.6 Å². The molecule has 2 rings (SSSR count). The van der Waals surface area contributed by atoms with Crippen LogP contribution in [-0.2, 0) is 0 Å². The third-order valence-corrected chi connectivity index (χ3v) is 3.84. The third kappa shape index (κ3) is 4.05. The molecule has 0 unspecified atom stereocenters. The lowest BCUT2D eigenvalue weighted by molar-refractivity contribution is 0.249. The van der Waals surface area contributed by atoms with E-state index in [1.54, 1.807) is 6.20 Å². The van der Waals surface area contributed by atoms with E-state index in [1.165, 1.54) is 0 Å². The van der Waals surface area contributed by atoms with Crippen LogP contribution in [-0.4, -0.2) is 11.0 Å². The fourth-order valence-electron chi connectivity index (χ4n) is 1.65. The molecular formula is C14H13Br2N3O. The summed E-state index contributed by atoms with van der Waals surface area (Å²) in [5, 5.41) is 5.64. The fraction of sp³-hybridized carbons (Fsp3) is 0.143. The Morgan fingerprint density at radius 2 is 2.05 bits per heavy atom. The molecule has 0 spiro atoms. The highest BCUT2D eigenvalue weighted by atomic mass is 79.9. The van der Waals surface area contributed by atoms with Crippen LogP contribution in [0.4, 0.5) is 10.5 Å². The number of halogens is 2. The first kappa shape index (κ1) is 15.0. The summed E-state index contributed by atoms with van der Waals surface area (Å²) in [6.07, 6.45) is 1.70. The van der Waals surface area contributed by atoms with E-state index < -0.39 is 0 Å². The number of carbonyl (C=O) groups excluding carboxylic acids is 1. The number of hydrogen-bond acceptors (Lipinski definition) is 2. The van der Waals surface area contributed by atoms with Crippen LogP contribution in [0.25, 0.3) is 0 Å². The van der Waals surface area contributed by atoms with Gasteiger partial charge in [0.15, 0.2) is 0 Å². The maximum Gasteiger partial charge on any atom is 0.319 e. The normalized spacial score (nSPS) is 11.8. The topological polar surface area (TPSA) is 54.0 Å². The Morgan fingerprint density at radius 1 is 1.25 bits per heavy atom. The molecule has 1 aromatic carbocycles. The minimum absolute atomic E-state index is 0.165. The van der Waals surface area contributed by atoms with E-state index in [2.05, 4.69) is 47.5 Å². The zero-order chi connectivity index (χ0) is 14.5. The molecular weight excluding hydrogens is 386 g/mol. The molecule has 4 nitrogen and oxygen atoms in total. The van der Waals surface area contributed by atoms with E-state index in [9.17, 15) is 4.79 Å². The molecule has 104 valence electrons. The van der Waals surface area contributed by atoms with Crippen LogP contribution in [0.3, 0.4) is 0 Å². The second-order valence-corrected chi connectivity index (χ2v) is 5.97. The van der Waals surface area contributed by atoms with E-state index in [1.807, 2.05) is 43.3 Å². The summed E-state index contributed by atoms with van der Waals surface area (Å²) in [6.45, 7) is 1.89. The van der Waals surface area contributed by atoms with Crippen LogP contribution < -0.4 is 10.6 Å². The van der Waals surface area contributed by atoms with Gasteiger partial charge in [-0.25, -0.2) is 4.79 Å². The molecule has 1 heterocycles. The first-order valence-electron chi connectivity index (χ1n) is 6.00. The molecule has 2 aromatic rings. The monoisotopic (exact) mass is 397 g/mol. The average molecular weight is 399 g/mol. The molecule has 2 amide bonds. The molecule has 0 aliphatic carbocycles. The fourth-order valence-corrected chi connectivity index (χ4v) is 2.36. The summed E-state index contributed by atoms with van der Waals surface area (Å²) in [5.74, 6) is 0. The highest BCUT2D eigenvalue weighted by Crippen LogP contribution is 2.26. The average Bonchev–Trinajstić information content (AvgIpc) is 2.43. The molecule has 0 saturated heterocycles. The van der Waals surface area contributed by atoms with Crippen LogP contribution >= 0.6 is 31.9 Å². The maximum atomic E-state index is 12.0. The molecule has 1 aromatic heterocycles. The SMILES string of the molecule is C[C@H](NC(=O)Nc1cc(Br)ccc1Br)c1ccccn1. The second-order valence-electron chi connectivity index (χ2n) is 4.20. The Morgan fingerprint density at radius 3 is 2.75 bits per heavy atom. The summed E-state index contributed by atoms with van der Waals surface area (Å²) in [7, 11) is 0. The number of aromatic nitrogens is 1. The van der Waals surface area contributed by atoms with Gasteiger partial charge in [0, 0.05) is 15.1 Å². The third-order valence-electron chi connectivity index (χ3n) is 2.66. The van der Waals surface area contributed by atoms with Crippen LogP contribution in [0.1, 0.15) is 18.7 Å². The van der Waals surface area contributed by atoms with Gasteiger partial charge < -0.3 is 10.6 Å². The molecule has 0 radical (unpaired) electrons. The van der Waals surface area contributed by atoms with Gasteiger partial charge in [0.05, 0.1) is 17.4 Å². The quantitative estimate of drug-likeness (QED) is 0.800. The van der Waals surface area contributed by atoms with E-state index in [4.69, 9.17) is 0 Å². The van der Waals surface area contributed by atoms with E-state index in [0.29, 0.717) is 5.69 Å². The Balaban J connectivity index is 2.01. The van der Waals surface area contributed by atoms with Gasteiger partial charge in [-0.3, -0.25) is 4.98 Å². The van der Waals surface area contributed by atoms with Crippen molar-refractivity contribution in [2.45, 2.75) is 13.0 Å². The maximum absolute atomic E-state index is 12.0. The van der Waals surface area contributed by atoms with Crippen LogP contribution in [0.2, 0.25) is 0 Å². The number of nitrogens with one attached hydrogen (secondary N) is 2. The van der Waals surface area contributed by atoms with Gasteiger partial charge in [0.1, 0.15) is 0 Å². The predicted octanol–water partition coefficient (Wildman–Crippen LogP) is 4.49. The largest absolute Gasteiger partial charge is 0.330 e. The standard InChI is InChI=1S/C14H13Br2N3O/c1-9(12-4-2-3-7-17-12)18-14(20)19-13-8-10(15)5-6-11(13)16/h2-9H,1H3,(H2,18,19,20)/t9-/m0/s1. The summed E-state index contributed by atoms with van der Waals surface area (Å²) in [5.41, 5.74) is 1.51. The van der Waals surface area contributed by atoms with Crippen LogP contribution in [0, 0.1) is 0 Å². The van der Waals surface area contributed by atoms with Gasteiger partial charge >= 0.3 is 6.03 Å². The van der Waals surface area contributed by atoms with Gasteiger partial charge in [0.2, 0.25) is 0 Å². The number of carbonyl (C=O) groups is 1. The number of amides is 2. The zero-order valence-corrected chi connectivity index (χ0v) is 13.9. The van der Waals surface area contributed by atoms with Crippen molar-refractivity contribution in [3.63, 3.8) is 0 Å². The molecule has 20 heavy (non-hydrogen) atoms. The number of urea groups is 1. The number of hydrogen-bond donors (Lipinski definition) is 2. The minimum Gasteiger partial charge on any atom is -0.330 e. The van der Waals surface area contributed by atoms with Gasteiger partial charge in [-0.1, -0.05) is 22.0 Å². The number of anilines is 1. The zero-order valence-electron chi connectivity index (χ0n) is 10.7. The van der Waals surface area contributed by atoms with Gasteiger partial charge in [-0.05, 0) is 53.2 Å². The first-order chi connectivity index (χ1) is 9.56. The lowest BCUT2D eigenvalue weighted by Crippen LogP contribution is -2.31. The highest BCUT2D eigenvalue weighted by molar-refractivity contribution is 9.11. The Labute approximate surface area is 134 Å². The van der Waals surface area contributed by atoms with Crippen molar-refractivity contribution in [1.29, 1.82) is 0 Å². The summed E-state index contributed by atoms with van der Waals surface area (Å²) in [6, 6.07) is 10.8. The highest BCUT2D eigenvalue weighted by Gasteiger charge is 2.11.